The SMILES string of the molecule is O=C(O)c1ccccc1OCCSc1cccc(Br)c1. The third-order valence-electron chi connectivity index (χ3n) is 2.52. The molecule has 0 heterocycles. The van der Waals surface area contributed by atoms with Crippen molar-refractivity contribution in [2.75, 3.05) is 12.4 Å². The number of aromatic carboxylic acids is 1. The van der Waals surface area contributed by atoms with Crippen molar-refractivity contribution in [1.82, 2.24) is 0 Å². The molecular weight excluding hydrogens is 340 g/mol. The lowest BCUT2D eigenvalue weighted by molar-refractivity contribution is 0.0692. The molecule has 0 aliphatic heterocycles. The fraction of sp³-hybridized carbons (Fsp3) is 0.133. The molecule has 0 bridgehead atoms. The van der Waals surface area contributed by atoms with Crippen LogP contribution in [0.4, 0.5) is 0 Å². The van der Waals surface area contributed by atoms with Crippen LogP contribution in [0.15, 0.2) is 57.9 Å². The lowest BCUT2D eigenvalue weighted by atomic mass is 10.2. The number of halogens is 1. The third kappa shape index (κ3) is 4.28. The molecule has 0 unspecified atom stereocenters. The molecule has 3 nitrogen and oxygen atoms in total. The molecule has 0 saturated heterocycles. The first-order chi connectivity index (χ1) is 9.66. The molecule has 0 saturated carbocycles. The van der Waals surface area contributed by atoms with Gasteiger partial charge in [-0.2, -0.15) is 0 Å². The van der Waals surface area contributed by atoms with Gasteiger partial charge >= 0.3 is 5.97 Å². The number of ether oxygens (including phenoxy) is 1. The number of carboxylic acid groups (broad SMARTS) is 1. The Balaban J connectivity index is 1.86. The van der Waals surface area contributed by atoms with E-state index in [-0.39, 0.29) is 5.56 Å². The van der Waals surface area contributed by atoms with Gasteiger partial charge in [-0.05, 0) is 30.3 Å². The Morgan fingerprint density at radius 1 is 1.20 bits per heavy atom. The molecule has 0 aromatic heterocycles. The van der Waals surface area contributed by atoms with Gasteiger partial charge in [-0.1, -0.05) is 34.1 Å². The maximum atomic E-state index is 11.0. The van der Waals surface area contributed by atoms with Gasteiger partial charge in [0.15, 0.2) is 0 Å². The van der Waals surface area contributed by atoms with Crippen LogP contribution in [-0.2, 0) is 0 Å². The van der Waals surface area contributed by atoms with Crippen LogP contribution in [0, 0.1) is 0 Å². The molecule has 1 N–H and O–H groups in total. The Hall–Kier alpha value is -1.46. The van der Waals surface area contributed by atoms with Crippen molar-refractivity contribution in [1.29, 1.82) is 0 Å². The van der Waals surface area contributed by atoms with Gasteiger partial charge in [-0.3, -0.25) is 0 Å². The average molecular weight is 353 g/mol. The number of rotatable bonds is 6. The Morgan fingerprint density at radius 3 is 2.75 bits per heavy atom. The lowest BCUT2D eigenvalue weighted by Crippen LogP contribution is -2.05. The standard InChI is InChI=1S/C15H13BrO3S/c16-11-4-3-5-12(10-11)20-9-8-19-14-7-2-1-6-13(14)15(17)18/h1-7,10H,8-9H2,(H,17,18). The fourth-order valence-electron chi connectivity index (χ4n) is 1.64. The van der Waals surface area contributed by atoms with E-state index in [9.17, 15) is 4.79 Å². The molecule has 0 amide bonds. The highest BCUT2D eigenvalue weighted by Crippen LogP contribution is 2.23. The molecule has 20 heavy (non-hydrogen) atoms. The van der Waals surface area contributed by atoms with Crippen molar-refractivity contribution in [3.8, 4) is 5.75 Å². The molecule has 5 heteroatoms. The number of thioether (sulfide) groups is 1. The van der Waals surface area contributed by atoms with Crippen molar-refractivity contribution in [3.05, 3.63) is 58.6 Å². The number of carbonyl (C=O) groups is 1. The minimum absolute atomic E-state index is 0.194. The first-order valence-corrected chi connectivity index (χ1v) is 7.78. The Morgan fingerprint density at radius 2 is 2.00 bits per heavy atom. The zero-order valence-corrected chi connectivity index (χ0v) is 13.0. The van der Waals surface area contributed by atoms with Crippen molar-refractivity contribution in [3.63, 3.8) is 0 Å². The van der Waals surface area contributed by atoms with Crippen LogP contribution in [0.1, 0.15) is 10.4 Å². The Bertz CT molecular complexity index is 601. The first-order valence-electron chi connectivity index (χ1n) is 6.00. The average Bonchev–Trinajstić information content (AvgIpc) is 2.44. The summed E-state index contributed by atoms with van der Waals surface area (Å²) in [5.74, 6) is 0.194. The number of carboxylic acids is 1. The summed E-state index contributed by atoms with van der Waals surface area (Å²) in [6.07, 6.45) is 0. The summed E-state index contributed by atoms with van der Waals surface area (Å²) in [4.78, 5) is 12.2. The van der Waals surface area contributed by atoms with Crippen LogP contribution in [0.25, 0.3) is 0 Å². The van der Waals surface area contributed by atoms with E-state index < -0.39 is 5.97 Å². The molecule has 0 radical (unpaired) electrons. The minimum Gasteiger partial charge on any atom is -0.492 e. The normalized spacial score (nSPS) is 10.2. The van der Waals surface area contributed by atoms with E-state index in [1.165, 1.54) is 0 Å². The molecule has 2 rings (SSSR count). The highest BCUT2D eigenvalue weighted by molar-refractivity contribution is 9.10. The molecule has 0 aliphatic carbocycles. The molecule has 0 spiro atoms. The molecule has 104 valence electrons. The van der Waals surface area contributed by atoms with Crippen molar-refractivity contribution in [2.45, 2.75) is 4.90 Å². The van der Waals surface area contributed by atoms with Crippen LogP contribution >= 0.6 is 27.7 Å². The van der Waals surface area contributed by atoms with Gasteiger partial charge < -0.3 is 9.84 Å². The maximum Gasteiger partial charge on any atom is 0.339 e. The van der Waals surface area contributed by atoms with E-state index in [2.05, 4.69) is 15.9 Å². The number of benzene rings is 2. The second-order valence-electron chi connectivity index (χ2n) is 3.96. The van der Waals surface area contributed by atoms with Crippen LogP contribution in [0.3, 0.4) is 0 Å². The van der Waals surface area contributed by atoms with Gasteiger partial charge in [-0.25, -0.2) is 4.79 Å². The molecule has 0 atom stereocenters. The largest absolute Gasteiger partial charge is 0.492 e. The molecule has 0 aliphatic rings. The summed E-state index contributed by atoms with van der Waals surface area (Å²) >= 11 is 5.09. The van der Waals surface area contributed by atoms with E-state index in [0.29, 0.717) is 12.4 Å². The van der Waals surface area contributed by atoms with Crippen LogP contribution < -0.4 is 4.74 Å². The monoisotopic (exact) mass is 352 g/mol. The summed E-state index contributed by atoms with van der Waals surface area (Å²) in [7, 11) is 0. The summed E-state index contributed by atoms with van der Waals surface area (Å²) in [5, 5.41) is 9.04. The lowest BCUT2D eigenvalue weighted by Gasteiger charge is -2.08. The van der Waals surface area contributed by atoms with Gasteiger partial charge in [-0.15, -0.1) is 11.8 Å². The second-order valence-corrected chi connectivity index (χ2v) is 6.04. The van der Waals surface area contributed by atoms with Crippen LogP contribution in [0.2, 0.25) is 0 Å². The van der Waals surface area contributed by atoms with Crippen LogP contribution in [-0.4, -0.2) is 23.4 Å². The van der Waals surface area contributed by atoms with Crippen LogP contribution in [0.5, 0.6) is 5.75 Å². The minimum atomic E-state index is -0.972. The summed E-state index contributed by atoms with van der Waals surface area (Å²) in [6, 6.07) is 14.7. The van der Waals surface area contributed by atoms with Crippen molar-refractivity contribution < 1.29 is 14.6 Å². The van der Waals surface area contributed by atoms with Crippen molar-refractivity contribution in [2.24, 2.45) is 0 Å². The zero-order valence-electron chi connectivity index (χ0n) is 10.6. The van der Waals surface area contributed by atoms with E-state index in [0.717, 1.165) is 15.1 Å². The smallest absolute Gasteiger partial charge is 0.339 e. The van der Waals surface area contributed by atoms with E-state index in [4.69, 9.17) is 9.84 Å². The van der Waals surface area contributed by atoms with Gasteiger partial charge in [0.25, 0.3) is 0 Å². The summed E-state index contributed by atoms with van der Waals surface area (Å²) < 4.78 is 6.58. The van der Waals surface area contributed by atoms with Gasteiger partial charge in [0, 0.05) is 15.1 Å². The summed E-state index contributed by atoms with van der Waals surface area (Å²) in [6.45, 7) is 0.460. The predicted octanol–water partition coefficient (Wildman–Crippen LogP) is 4.32. The maximum absolute atomic E-state index is 11.0. The van der Waals surface area contributed by atoms with Crippen molar-refractivity contribution >= 4 is 33.7 Å². The van der Waals surface area contributed by atoms with E-state index in [1.807, 2.05) is 24.3 Å². The number of hydrogen-bond acceptors (Lipinski definition) is 3. The number of hydrogen-bond donors (Lipinski definition) is 1. The quantitative estimate of drug-likeness (QED) is 0.621. The molecule has 2 aromatic carbocycles. The van der Waals surface area contributed by atoms with Gasteiger partial charge in [0.2, 0.25) is 0 Å². The predicted molar refractivity (Wildman–Crippen MR) is 83.8 cm³/mol. The van der Waals surface area contributed by atoms with E-state index >= 15 is 0 Å². The highest BCUT2D eigenvalue weighted by atomic mass is 79.9. The molecule has 0 fully saturated rings. The topological polar surface area (TPSA) is 46.5 Å². The fourth-order valence-corrected chi connectivity index (χ4v) is 2.98. The Labute approximate surface area is 130 Å². The summed E-state index contributed by atoms with van der Waals surface area (Å²) in [5.41, 5.74) is 0.194. The molecular formula is C15H13BrO3S. The van der Waals surface area contributed by atoms with Gasteiger partial charge in [0.05, 0.1) is 6.61 Å². The van der Waals surface area contributed by atoms with Gasteiger partial charge in [0.1, 0.15) is 11.3 Å². The second kappa shape index (κ2) is 7.36. The Kier molecular flexibility index (Phi) is 5.49. The zero-order chi connectivity index (χ0) is 14.4. The number of para-hydroxylation sites is 1. The third-order valence-corrected chi connectivity index (χ3v) is 3.97. The first kappa shape index (κ1) is 14.9. The molecule has 2 aromatic rings. The highest BCUT2D eigenvalue weighted by Gasteiger charge is 2.09. The van der Waals surface area contributed by atoms with E-state index in [1.54, 1.807) is 36.0 Å².